The molecule has 30 heavy (non-hydrogen) atoms. The second-order valence-electron chi connectivity index (χ2n) is 9.05. The summed E-state index contributed by atoms with van der Waals surface area (Å²) in [5.41, 5.74) is 0.397. The quantitative estimate of drug-likeness (QED) is 0.683. The Morgan fingerprint density at radius 1 is 0.933 bits per heavy atom. The zero-order valence-electron chi connectivity index (χ0n) is 17.8. The van der Waals surface area contributed by atoms with E-state index in [1.165, 1.54) is 49.0 Å². The lowest BCUT2D eigenvalue weighted by Crippen LogP contribution is -2.53. The fraction of sp³-hybridized carbons (Fsp3) is 0.652. The third kappa shape index (κ3) is 4.19. The molecule has 0 spiro atoms. The van der Waals surface area contributed by atoms with Crippen LogP contribution in [-0.2, 0) is 14.8 Å². The molecule has 4 rings (SSSR count). The van der Waals surface area contributed by atoms with Crippen LogP contribution >= 0.6 is 0 Å². The van der Waals surface area contributed by atoms with Gasteiger partial charge in [-0.1, -0.05) is 25.0 Å². The van der Waals surface area contributed by atoms with Crippen molar-refractivity contribution in [3.8, 4) is 0 Å². The second kappa shape index (κ2) is 8.79. The van der Waals surface area contributed by atoms with Gasteiger partial charge in [0, 0.05) is 37.2 Å². The first-order valence-electron chi connectivity index (χ1n) is 11.3. The highest BCUT2D eigenvalue weighted by Crippen LogP contribution is 2.37. The molecule has 1 aromatic rings. The van der Waals surface area contributed by atoms with Crippen molar-refractivity contribution in [2.24, 2.45) is 11.8 Å². The monoisotopic (exact) mass is 432 g/mol. The second-order valence-corrected chi connectivity index (χ2v) is 11.0. The molecule has 0 aromatic heterocycles. The van der Waals surface area contributed by atoms with Gasteiger partial charge in [0.25, 0.3) is 0 Å². The molecule has 2 aliphatic heterocycles. The highest BCUT2D eigenvalue weighted by Gasteiger charge is 2.40. The minimum Gasteiger partial charge on any atom is -0.339 e. The van der Waals surface area contributed by atoms with E-state index in [4.69, 9.17) is 0 Å². The van der Waals surface area contributed by atoms with Crippen molar-refractivity contribution in [2.75, 3.05) is 19.6 Å². The molecule has 1 aliphatic carbocycles. The first-order valence-corrected chi connectivity index (χ1v) is 12.7. The Morgan fingerprint density at radius 2 is 1.63 bits per heavy atom. The summed E-state index contributed by atoms with van der Waals surface area (Å²) in [5.74, 6) is 0.660. The van der Waals surface area contributed by atoms with Crippen LogP contribution in [0.4, 0.5) is 0 Å². The first kappa shape index (κ1) is 21.5. The molecule has 3 fully saturated rings. The van der Waals surface area contributed by atoms with Crippen molar-refractivity contribution < 1.29 is 18.0 Å². The van der Waals surface area contributed by atoms with Gasteiger partial charge in [0.05, 0.1) is 4.90 Å². The van der Waals surface area contributed by atoms with Crippen LogP contribution < -0.4 is 0 Å². The number of Topliss-reactive ketones (excluding diaryl/α,β-unsaturated/α-hetero) is 1. The van der Waals surface area contributed by atoms with E-state index in [9.17, 15) is 18.0 Å². The van der Waals surface area contributed by atoms with Gasteiger partial charge >= 0.3 is 0 Å². The Hall–Kier alpha value is -1.73. The molecule has 1 saturated carbocycles. The third-order valence-corrected chi connectivity index (χ3v) is 9.10. The van der Waals surface area contributed by atoms with Crippen molar-refractivity contribution in [3.63, 3.8) is 0 Å². The van der Waals surface area contributed by atoms with E-state index in [0.717, 1.165) is 19.4 Å². The van der Waals surface area contributed by atoms with Gasteiger partial charge in [-0.05, 0) is 63.5 Å². The number of carbonyl (C=O) groups excluding carboxylic acids is 2. The largest absolute Gasteiger partial charge is 0.339 e. The van der Waals surface area contributed by atoms with Crippen LogP contribution in [0.5, 0.6) is 0 Å². The summed E-state index contributed by atoms with van der Waals surface area (Å²) in [6, 6.07) is 6.62. The van der Waals surface area contributed by atoms with Gasteiger partial charge in [-0.25, -0.2) is 8.42 Å². The van der Waals surface area contributed by atoms with Crippen molar-refractivity contribution in [2.45, 2.75) is 69.2 Å². The van der Waals surface area contributed by atoms with Crippen LogP contribution in [0.15, 0.2) is 29.2 Å². The summed E-state index contributed by atoms with van der Waals surface area (Å²) in [6.45, 7) is 2.99. The zero-order chi connectivity index (χ0) is 21.3. The summed E-state index contributed by atoms with van der Waals surface area (Å²) < 4.78 is 27.6. The summed E-state index contributed by atoms with van der Waals surface area (Å²) >= 11 is 0. The summed E-state index contributed by atoms with van der Waals surface area (Å²) in [6.07, 6.45) is 8.32. The highest BCUT2D eigenvalue weighted by molar-refractivity contribution is 7.89. The van der Waals surface area contributed by atoms with Gasteiger partial charge in [0.15, 0.2) is 5.78 Å². The van der Waals surface area contributed by atoms with Gasteiger partial charge < -0.3 is 4.90 Å². The van der Waals surface area contributed by atoms with Crippen LogP contribution in [0.2, 0.25) is 0 Å². The lowest BCUT2D eigenvalue weighted by Gasteiger charge is -2.46. The summed E-state index contributed by atoms with van der Waals surface area (Å²) in [4.78, 5) is 27.2. The molecule has 2 saturated heterocycles. The Bertz CT molecular complexity index is 904. The molecular weight excluding hydrogens is 400 g/mol. The van der Waals surface area contributed by atoms with Gasteiger partial charge in [0.2, 0.25) is 15.9 Å². The lowest BCUT2D eigenvalue weighted by molar-refractivity contribution is -0.143. The van der Waals surface area contributed by atoms with Crippen LogP contribution in [0.25, 0.3) is 0 Å². The molecule has 7 heteroatoms. The van der Waals surface area contributed by atoms with E-state index in [1.54, 1.807) is 12.1 Å². The molecule has 1 amide bonds. The van der Waals surface area contributed by atoms with E-state index in [0.29, 0.717) is 43.5 Å². The number of rotatable bonds is 4. The van der Waals surface area contributed by atoms with Crippen LogP contribution in [0, 0.1) is 11.8 Å². The van der Waals surface area contributed by atoms with Gasteiger partial charge in [-0.2, -0.15) is 4.31 Å². The zero-order valence-corrected chi connectivity index (χ0v) is 18.6. The maximum absolute atomic E-state index is 13.3. The fourth-order valence-corrected chi connectivity index (χ4v) is 7.02. The average Bonchev–Trinajstić information content (AvgIpc) is 2.78. The molecule has 0 N–H and O–H groups in total. The number of piperidine rings is 2. The van der Waals surface area contributed by atoms with Gasteiger partial charge in [0.1, 0.15) is 0 Å². The molecule has 0 unspecified atom stereocenters. The molecule has 2 heterocycles. The third-order valence-electron chi connectivity index (χ3n) is 7.21. The van der Waals surface area contributed by atoms with E-state index in [1.807, 2.05) is 0 Å². The molecule has 0 radical (unpaired) electrons. The Kier molecular flexibility index (Phi) is 6.30. The number of sulfonamides is 1. The van der Waals surface area contributed by atoms with Crippen molar-refractivity contribution in [1.29, 1.82) is 0 Å². The van der Waals surface area contributed by atoms with E-state index >= 15 is 0 Å². The Morgan fingerprint density at radius 3 is 2.37 bits per heavy atom. The fourth-order valence-electron chi connectivity index (χ4n) is 5.50. The molecular formula is C23H32N2O4S. The van der Waals surface area contributed by atoms with Crippen LogP contribution in [0.3, 0.4) is 0 Å². The summed E-state index contributed by atoms with van der Waals surface area (Å²) in [5, 5.41) is 0. The number of amides is 1. The number of benzene rings is 1. The van der Waals surface area contributed by atoms with Crippen LogP contribution in [-0.4, -0.2) is 55.0 Å². The first-order chi connectivity index (χ1) is 14.4. The van der Waals surface area contributed by atoms with E-state index in [2.05, 4.69) is 4.90 Å². The number of nitrogens with zero attached hydrogens (tertiary/aromatic N) is 2. The standard InChI is InChI=1S/C23H32N2O4S/c1-17(26)20-7-4-9-21(16-20)30(28,29)24-14-11-19(12-15-24)23(27)25-13-5-8-18-6-2-3-10-22(18)25/h4,7,9,16,18-19,22H,2-3,5-6,8,10-15H2,1H3/t18-,22-/m0/s1. The molecule has 6 nitrogen and oxygen atoms in total. The average molecular weight is 433 g/mol. The predicted molar refractivity (Wildman–Crippen MR) is 115 cm³/mol. The van der Waals surface area contributed by atoms with Crippen molar-refractivity contribution >= 4 is 21.7 Å². The minimum atomic E-state index is -3.65. The van der Waals surface area contributed by atoms with Crippen molar-refractivity contribution in [3.05, 3.63) is 29.8 Å². The maximum Gasteiger partial charge on any atom is 0.243 e. The molecule has 1 aromatic carbocycles. The molecule has 3 aliphatic rings. The Balaban J connectivity index is 1.41. The topological polar surface area (TPSA) is 74.8 Å². The molecule has 2 atom stereocenters. The molecule has 0 bridgehead atoms. The number of hydrogen-bond acceptors (Lipinski definition) is 4. The number of hydrogen-bond donors (Lipinski definition) is 0. The normalized spacial score (nSPS) is 26.2. The predicted octanol–water partition coefficient (Wildman–Crippen LogP) is 3.47. The van der Waals surface area contributed by atoms with Gasteiger partial charge in [-0.3, -0.25) is 9.59 Å². The van der Waals surface area contributed by atoms with E-state index < -0.39 is 10.0 Å². The van der Waals surface area contributed by atoms with Gasteiger partial charge in [-0.15, -0.1) is 0 Å². The van der Waals surface area contributed by atoms with Crippen molar-refractivity contribution in [1.82, 2.24) is 9.21 Å². The van der Waals surface area contributed by atoms with Crippen LogP contribution in [0.1, 0.15) is 68.6 Å². The number of likely N-dealkylation sites (tertiary alicyclic amines) is 1. The Labute approximate surface area is 179 Å². The number of ketones is 1. The summed E-state index contributed by atoms with van der Waals surface area (Å²) in [7, 11) is -3.65. The number of carbonyl (C=O) groups is 2. The lowest BCUT2D eigenvalue weighted by atomic mass is 9.77. The number of fused-ring (bicyclic) bond motifs is 1. The maximum atomic E-state index is 13.3. The molecule has 164 valence electrons. The smallest absolute Gasteiger partial charge is 0.243 e. The minimum absolute atomic E-state index is 0.0827. The van der Waals surface area contributed by atoms with E-state index in [-0.39, 0.29) is 22.5 Å². The highest BCUT2D eigenvalue weighted by atomic mass is 32.2. The SMILES string of the molecule is CC(=O)c1cccc(S(=O)(=O)N2CCC(C(=O)N3CCC[C@@H]4CCCC[C@@H]43)CC2)c1.